The van der Waals surface area contributed by atoms with Crippen molar-refractivity contribution in [2.75, 3.05) is 19.8 Å². The zero-order valence-electron chi connectivity index (χ0n) is 44.6. The zero-order valence-corrected chi connectivity index (χ0v) is 44.6. The Balaban J connectivity index is 0.980. The third-order valence-corrected chi connectivity index (χ3v) is 19.3. The first-order valence-electron chi connectivity index (χ1n) is 27.7. The minimum atomic E-state index is -1.99. The van der Waals surface area contributed by atoms with E-state index in [0.717, 1.165) is 12.0 Å². The monoisotopic (exact) mass is 1140 g/mol. The highest BCUT2D eigenvalue weighted by molar-refractivity contribution is 5.77. The first-order chi connectivity index (χ1) is 37.9. The molecule has 1 aromatic rings. The van der Waals surface area contributed by atoms with E-state index in [1.807, 2.05) is 0 Å². The van der Waals surface area contributed by atoms with Crippen LogP contribution >= 0.6 is 0 Å². The lowest BCUT2D eigenvalue weighted by Crippen LogP contribution is -2.67. The number of fused-ring (bicyclic) bond motifs is 3. The number of esters is 1. The molecule has 1 aromatic carbocycles. The van der Waals surface area contributed by atoms with Crippen LogP contribution in [0.5, 0.6) is 0 Å². The Bertz CT molecular complexity index is 2290. The fraction of sp³-hybridized carbons (Fsp3) is 0.815. The molecule has 452 valence electrons. The topological polar surface area (TPSA) is 423 Å². The first-order valence-corrected chi connectivity index (χ1v) is 27.7. The highest BCUT2D eigenvalue weighted by Gasteiger charge is 2.67. The lowest BCUT2D eigenvalue weighted by molar-refractivity contribution is -0.397. The number of aliphatic hydroxyl groups is 14. The Morgan fingerprint density at radius 3 is 1.82 bits per heavy atom. The smallest absolute Gasteiger partial charge is 0.321 e. The molecule has 26 nitrogen and oxygen atoms in total. The maximum absolute atomic E-state index is 15.0. The van der Waals surface area contributed by atoms with Crippen LogP contribution in [0.15, 0.2) is 42.5 Å². The number of hydrogen-bond acceptors (Lipinski definition) is 25. The molecule has 16 N–H and O–H groups in total. The van der Waals surface area contributed by atoms with Gasteiger partial charge in [-0.1, -0.05) is 62.2 Å². The summed E-state index contributed by atoms with van der Waals surface area (Å²) >= 11 is 0. The van der Waals surface area contributed by atoms with Crippen LogP contribution in [-0.4, -0.2) is 250 Å². The van der Waals surface area contributed by atoms with Crippen LogP contribution in [0.4, 0.5) is 0 Å². The predicted molar refractivity (Wildman–Crippen MR) is 267 cm³/mol. The Labute approximate surface area is 461 Å². The first kappa shape index (κ1) is 61.6. The lowest BCUT2D eigenvalue weighted by Gasteiger charge is -2.59. The van der Waals surface area contributed by atoms with Gasteiger partial charge in [-0.25, -0.2) is 0 Å². The minimum Gasteiger partial charge on any atom is -0.480 e. The molecule has 4 saturated carbocycles. The quantitative estimate of drug-likeness (QED) is 0.0399. The van der Waals surface area contributed by atoms with Gasteiger partial charge in [0.15, 0.2) is 18.9 Å². The van der Waals surface area contributed by atoms with Crippen LogP contribution in [0.2, 0.25) is 0 Å². The molecule has 29 atom stereocenters. The number of nitrogens with one attached hydrogen (secondary N) is 1. The molecule has 4 saturated heterocycles. The van der Waals surface area contributed by atoms with Gasteiger partial charge in [-0.3, -0.25) is 14.9 Å². The van der Waals surface area contributed by atoms with Gasteiger partial charge < -0.3 is 114 Å². The van der Waals surface area contributed by atoms with Gasteiger partial charge in [-0.05, 0) is 86.5 Å². The zero-order chi connectivity index (χ0) is 57.9. The number of benzene rings is 1. The summed E-state index contributed by atoms with van der Waals surface area (Å²) in [6, 6.07) is 7.19. The summed E-state index contributed by atoms with van der Waals surface area (Å²) in [6.07, 6.45) is -34.0. The van der Waals surface area contributed by atoms with Crippen molar-refractivity contribution in [2.45, 2.75) is 219 Å². The molecular weight excluding hydrogens is 1060 g/mol. The van der Waals surface area contributed by atoms with Gasteiger partial charge in [0, 0.05) is 5.92 Å². The molecule has 1 spiro atoms. The Morgan fingerprint density at radius 2 is 1.23 bits per heavy atom. The van der Waals surface area contributed by atoms with Crippen molar-refractivity contribution in [1.82, 2.24) is 5.32 Å². The molecule has 8 fully saturated rings. The van der Waals surface area contributed by atoms with E-state index in [4.69, 9.17) is 37.9 Å². The predicted octanol–water partition coefficient (Wildman–Crippen LogP) is -4.26. The number of ether oxygens (including phenoxy) is 8. The number of rotatable bonds is 17. The summed E-state index contributed by atoms with van der Waals surface area (Å²) in [5.74, 6) is -3.02. The van der Waals surface area contributed by atoms with Gasteiger partial charge in [-0.15, -0.1) is 0 Å². The van der Waals surface area contributed by atoms with Crippen molar-refractivity contribution in [2.24, 2.45) is 34.0 Å². The molecule has 0 aromatic heterocycles. The maximum Gasteiger partial charge on any atom is 0.321 e. The molecule has 2 bridgehead atoms. The van der Waals surface area contributed by atoms with Crippen LogP contribution in [0, 0.1) is 34.0 Å². The summed E-state index contributed by atoms with van der Waals surface area (Å²) in [4.78, 5) is 27.2. The van der Waals surface area contributed by atoms with Crippen molar-refractivity contribution in [3.8, 4) is 0 Å². The molecular formula is C54H81NO25. The number of carbonyl (C=O) groups excluding carboxylic acids is 1. The molecule has 0 radical (unpaired) electrons. The van der Waals surface area contributed by atoms with Crippen LogP contribution < -0.4 is 5.32 Å². The molecule has 80 heavy (non-hydrogen) atoms. The summed E-state index contributed by atoms with van der Waals surface area (Å²) in [5, 5.41) is 165. The molecule has 4 aliphatic heterocycles. The highest BCUT2D eigenvalue weighted by atomic mass is 16.8. The second-order valence-electron chi connectivity index (χ2n) is 24.0. The van der Waals surface area contributed by atoms with E-state index in [1.165, 1.54) is 0 Å². The average Bonchev–Trinajstić information content (AvgIpc) is 3.64. The highest BCUT2D eigenvalue weighted by Crippen LogP contribution is 2.71. The van der Waals surface area contributed by atoms with Crippen molar-refractivity contribution < 1.29 is 124 Å². The summed E-state index contributed by atoms with van der Waals surface area (Å²) in [7, 11) is 0. The SMILES string of the molecule is C=C1CC23CCC[C@H]4[C@@](C)(CCC[C@@]4(C)C(=O)OC4O[C@H](C(O)N[C@H](Cc5ccccc5)C(=O)O)[C@@H](O)[C@H](O)[C@H]4O)[C@@H]2CC(O[C@@H]2O[C@H](CO)[C@@H](O)C(O[C@@H]4O[C@H](CO)[C@@H](O)[C@H](O)[C@H]4O)[C@H]2O[C@@H]2O[C@H](CO)[C@@H](O)[C@H](O)[C@H]2O)C1C3. The molecule has 4 aliphatic carbocycles. The van der Waals surface area contributed by atoms with E-state index in [1.54, 1.807) is 37.3 Å². The van der Waals surface area contributed by atoms with Gasteiger partial charge in [0.05, 0.1) is 31.3 Å². The average molecular weight is 1140 g/mol. The third kappa shape index (κ3) is 11.4. The van der Waals surface area contributed by atoms with Gasteiger partial charge >= 0.3 is 11.9 Å². The van der Waals surface area contributed by atoms with E-state index < -0.39 is 190 Å². The standard InChI is InChI=1S/C54H81NO25/c1-22-17-54-14-7-11-30-52(2,12-8-13-53(30,3)51(72)80-49-41(68)37(64)38(65)43(78-49)45(69)55-25(46(70)71)15-23-9-5-4-6-10-23)31(54)16-26(24(22)18-54)73-50-44(79-48-40(67)36(63)33(60)28(20-57)75-48)42(34(61)29(21-58)76-50)77-47-39(66)35(62)32(59)27(19-56)74-47/h4-6,9-10,24-45,47-50,55-69H,1,7-8,11-21H2,2-3H3,(H,70,71)/t24?,25-,26?,27-,28-,29-,30+,31+,32-,33-,34-,35+,36+,37+,38+,39-,40-,41-,42?,43+,44-,45?,47+,48+,49?,50-,52-,53-,54?/m1/s1. The van der Waals surface area contributed by atoms with Crippen molar-refractivity contribution in [3.05, 3.63) is 48.0 Å². The van der Waals surface area contributed by atoms with Crippen LogP contribution in [0.3, 0.4) is 0 Å². The van der Waals surface area contributed by atoms with Crippen LogP contribution in [0.25, 0.3) is 0 Å². The number of carboxylic acids is 1. The second kappa shape index (κ2) is 24.5. The number of aliphatic carboxylic acids is 1. The van der Waals surface area contributed by atoms with Crippen LogP contribution in [-0.2, 0) is 53.9 Å². The van der Waals surface area contributed by atoms with E-state index in [2.05, 4.69) is 18.8 Å². The van der Waals surface area contributed by atoms with E-state index in [0.29, 0.717) is 56.9 Å². The van der Waals surface area contributed by atoms with Gasteiger partial charge in [0.2, 0.25) is 6.29 Å². The van der Waals surface area contributed by atoms with Gasteiger partial charge in [0.1, 0.15) is 110 Å². The molecule has 6 unspecified atom stereocenters. The fourth-order valence-electron chi connectivity index (χ4n) is 15.0. The minimum absolute atomic E-state index is 0.0742. The number of carbonyl (C=O) groups is 2. The summed E-state index contributed by atoms with van der Waals surface area (Å²) < 4.78 is 48.9. The van der Waals surface area contributed by atoms with Crippen molar-refractivity contribution in [1.29, 1.82) is 0 Å². The summed E-state index contributed by atoms with van der Waals surface area (Å²) in [6.45, 7) is 5.91. The number of aliphatic hydroxyl groups excluding tert-OH is 14. The molecule has 4 heterocycles. The number of carboxylic acid groups (broad SMARTS) is 1. The van der Waals surface area contributed by atoms with E-state index in [-0.39, 0.29) is 23.7 Å². The Kier molecular flexibility index (Phi) is 18.9. The van der Waals surface area contributed by atoms with Crippen molar-refractivity contribution >= 4 is 11.9 Å². The van der Waals surface area contributed by atoms with Crippen molar-refractivity contribution in [3.63, 3.8) is 0 Å². The molecule has 8 aliphatic rings. The van der Waals surface area contributed by atoms with Crippen LogP contribution in [0.1, 0.15) is 77.2 Å². The lowest BCUT2D eigenvalue weighted by atomic mass is 9.46. The maximum atomic E-state index is 15.0. The van der Waals surface area contributed by atoms with Gasteiger partial charge in [-0.2, -0.15) is 0 Å². The van der Waals surface area contributed by atoms with E-state index >= 15 is 0 Å². The summed E-state index contributed by atoms with van der Waals surface area (Å²) in [5.41, 5.74) is -0.750. The Hall–Kier alpha value is -2.98. The largest absolute Gasteiger partial charge is 0.480 e. The van der Waals surface area contributed by atoms with E-state index in [9.17, 15) is 86.2 Å². The normalized spacial score (nSPS) is 48.5. The molecule has 9 rings (SSSR count). The third-order valence-electron chi connectivity index (χ3n) is 19.3. The second-order valence-corrected chi connectivity index (χ2v) is 24.0. The Morgan fingerprint density at radius 1 is 0.662 bits per heavy atom. The fourth-order valence-corrected chi connectivity index (χ4v) is 15.0. The molecule has 0 amide bonds. The molecule has 26 heteroatoms. The van der Waals surface area contributed by atoms with Gasteiger partial charge in [0.25, 0.3) is 0 Å². The number of hydrogen-bond donors (Lipinski definition) is 16.